The highest BCUT2D eigenvalue weighted by molar-refractivity contribution is 6.30. The fraction of sp³-hybridized carbons (Fsp3) is 0.273. The zero-order valence-corrected chi connectivity index (χ0v) is 9.18. The van der Waals surface area contributed by atoms with Crippen molar-refractivity contribution in [3.8, 4) is 0 Å². The summed E-state index contributed by atoms with van der Waals surface area (Å²) in [5.74, 6) is 0. The number of unbranched alkanes of at least 4 members (excludes halogenated alkanes) is 1. The Morgan fingerprint density at radius 3 is 2.60 bits per heavy atom. The van der Waals surface area contributed by atoms with E-state index in [1.807, 2.05) is 0 Å². The van der Waals surface area contributed by atoms with Crippen LogP contribution in [0.1, 0.15) is 12.8 Å². The monoisotopic (exact) mass is 225 g/mol. The fourth-order valence-electron chi connectivity index (χ4n) is 1.04. The molecule has 1 rings (SSSR count). The van der Waals surface area contributed by atoms with E-state index in [-0.39, 0.29) is 6.03 Å². The van der Waals surface area contributed by atoms with E-state index < -0.39 is 0 Å². The lowest BCUT2D eigenvalue weighted by molar-refractivity contribution is 0.252. The van der Waals surface area contributed by atoms with Crippen LogP contribution in [0.15, 0.2) is 24.3 Å². The van der Waals surface area contributed by atoms with Crippen molar-refractivity contribution in [2.75, 3.05) is 11.9 Å². The predicted octanol–water partition coefficient (Wildman–Crippen LogP) is 3.08. The average Bonchev–Trinajstić information content (AvgIpc) is 2.22. The summed E-state index contributed by atoms with van der Waals surface area (Å²) in [6.07, 6.45) is 1.70. The molecule has 1 radical (unpaired) electrons. The van der Waals surface area contributed by atoms with Gasteiger partial charge in [0.1, 0.15) is 0 Å². The van der Waals surface area contributed by atoms with E-state index in [1.54, 1.807) is 24.3 Å². The zero-order valence-electron chi connectivity index (χ0n) is 8.42. The molecular formula is C11H14ClN2O. The Hall–Kier alpha value is -1.22. The molecule has 1 aromatic carbocycles. The molecule has 0 aliphatic rings. The predicted molar refractivity (Wildman–Crippen MR) is 63.1 cm³/mol. The van der Waals surface area contributed by atoms with Gasteiger partial charge in [-0.05, 0) is 30.7 Å². The Morgan fingerprint density at radius 1 is 1.33 bits per heavy atom. The highest BCUT2D eigenvalue weighted by atomic mass is 35.5. The first-order valence-corrected chi connectivity index (χ1v) is 5.20. The third-order valence-electron chi connectivity index (χ3n) is 1.81. The number of hydrogen-bond acceptors (Lipinski definition) is 1. The number of hydrogen-bond donors (Lipinski definition) is 2. The number of benzene rings is 1. The Morgan fingerprint density at radius 2 is 2.00 bits per heavy atom. The lowest BCUT2D eigenvalue weighted by atomic mass is 10.3. The van der Waals surface area contributed by atoms with Crippen molar-refractivity contribution in [3.05, 3.63) is 36.2 Å². The maximum atomic E-state index is 11.3. The normalized spacial score (nSPS) is 9.73. The van der Waals surface area contributed by atoms with Crippen LogP contribution in [0.4, 0.5) is 10.5 Å². The Kier molecular flexibility index (Phi) is 4.98. The van der Waals surface area contributed by atoms with Crippen molar-refractivity contribution in [1.29, 1.82) is 0 Å². The molecule has 0 unspecified atom stereocenters. The molecule has 0 aromatic heterocycles. The number of anilines is 1. The molecule has 0 bridgehead atoms. The van der Waals surface area contributed by atoms with Crippen molar-refractivity contribution in [3.63, 3.8) is 0 Å². The second-order valence-electron chi connectivity index (χ2n) is 3.09. The molecule has 2 amide bonds. The largest absolute Gasteiger partial charge is 0.338 e. The number of urea groups is 1. The van der Waals surface area contributed by atoms with E-state index >= 15 is 0 Å². The molecule has 0 saturated heterocycles. The van der Waals surface area contributed by atoms with Gasteiger partial charge in [0.25, 0.3) is 0 Å². The van der Waals surface area contributed by atoms with Crippen molar-refractivity contribution >= 4 is 23.3 Å². The van der Waals surface area contributed by atoms with Crippen LogP contribution in [0.25, 0.3) is 0 Å². The van der Waals surface area contributed by atoms with Crippen molar-refractivity contribution in [2.24, 2.45) is 0 Å². The van der Waals surface area contributed by atoms with E-state index in [1.165, 1.54) is 0 Å². The molecule has 81 valence electrons. The quantitative estimate of drug-likeness (QED) is 0.760. The van der Waals surface area contributed by atoms with Crippen LogP contribution in [-0.4, -0.2) is 12.6 Å². The molecule has 4 heteroatoms. The van der Waals surface area contributed by atoms with Gasteiger partial charge in [0.2, 0.25) is 0 Å². The number of nitrogens with one attached hydrogen (secondary N) is 2. The summed E-state index contributed by atoms with van der Waals surface area (Å²) in [6.45, 7) is 4.33. The number of carbonyl (C=O) groups is 1. The topological polar surface area (TPSA) is 41.1 Å². The third-order valence-corrected chi connectivity index (χ3v) is 2.07. The molecule has 0 aliphatic carbocycles. The van der Waals surface area contributed by atoms with Gasteiger partial charge in [-0.25, -0.2) is 4.79 Å². The first-order valence-electron chi connectivity index (χ1n) is 4.82. The van der Waals surface area contributed by atoms with Crippen LogP contribution in [0.2, 0.25) is 5.02 Å². The maximum absolute atomic E-state index is 11.3. The van der Waals surface area contributed by atoms with Crippen LogP contribution in [-0.2, 0) is 0 Å². The summed E-state index contributed by atoms with van der Waals surface area (Å²) in [5.41, 5.74) is 0.728. The second kappa shape index (κ2) is 6.30. The van der Waals surface area contributed by atoms with E-state index in [4.69, 9.17) is 11.6 Å². The van der Waals surface area contributed by atoms with Crippen LogP contribution < -0.4 is 10.6 Å². The molecule has 0 saturated carbocycles. The van der Waals surface area contributed by atoms with Gasteiger partial charge in [-0.1, -0.05) is 24.9 Å². The standard InChI is InChI=1S/C11H14ClN2O/c1-2-3-8-13-11(15)14-10-6-4-9(12)5-7-10/h4-7H,1-3,8H2,(H2,13,14,15). The first kappa shape index (κ1) is 11.9. The van der Waals surface area contributed by atoms with Crippen molar-refractivity contribution < 1.29 is 4.79 Å². The molecular weight excluding hydrogens is 212 g/mol. The highest BCUT2D eigenvalue weighted by Crippen LogP contribution is 2.12. The fourth-order valence-corrected chi connectivity index (χ4v) is 1.16. The van der Waals surface area contributed by atoms with Gasteiger partial charge in [-0.2, -0.15) is 0 Å². The van der Waals surface area contributed by atoms with E-state index in [0.29, 0.717) is 11.6 Å². The van der Waals surface area contributed by atoms with E-state index in [9.17, 15) is 4.79 Å². The van der Waals surface area contributed by atoms with Gasteiger partial charge in [0, 0.05) is 17.3 Å². The summed E-state index contributed by atoms with van der Waals surface area (Å²) in [5, 5.41) is 6.07. The van der Waals surface area contributed by atoms with Gasteiger partial charge in [0.15, 0.2) is 0 Å². The van der Waals surface area contributed by atoms with Crippen molar-refractivity contribution in [1.82, 2.24) is 5.32 Å². The van der Waals surface area contributed by atoms with Gasteiger partial charge in [-0.3, -0.25) is 0 Å². The van der Waals surface area contributed by atoms with Gasteiger partial charge in [-0.15, -0.1) is 0 Å². The third kappa shape index (κ3) is 4.70. The number of halogens is 1. The molecule has 0 heterocycles. The average molecular weight is 226 g/mol. The minimum Gasteiger partial charge on any atom is -0.338 e. The van der Waals surface area contributed by atoms with Crippen molar-refractivity contribution in [2.45, 2.75) is 12.8 Å². The first-order chi connectivity index (χ1) is 7.22. The lowest BCUT2D eigenvalue weighted by Crippen LogP contribution is -2.29. The summed E-state index contributed by atoms with van der Waals surface area (Å²) >= 11 is 5.72. The maximum Gasteiger partial charge on any atom is 0.319 e. The minimum atomic E-state index is -0.203. The summed E-state index contributed by atoms with van der Waals surface area (Å²) in [7, 11) is 0. The Balaban J connectivity index is 2.34. The molecule has 3 nitrogen and oxygen atoms in total. The highest BCUT2D eigenvalue weighted by Gasteiger charge is 1.99. The summed E-state index contributed by atoms with van der Waals surface area (Å²) in [4.78, 5) is 11.3. The summed E-state index contributed by atoms with van der Waals surface area (Å²) in [6, 6.07) is 6.76. The number of carbonyl (C=O) groups excluding carboxylic acids is 1. The van der Waals surface area contributed by atoms with Gasteiger partial charge < -0.3 is 10.6 Å². The van der Waals surface area contributed by atoms with Crippen LogP contribution in [0, 0.1) is 6.92 Å². The van der Waals surface area contributed by atoms with Gasteiger partial charge in [0.05, 0.1) is 0 Å². The minimum absolute atomic E-state index is 0.203. The molecule has 0 atom stereocenters. The number of rotatable bonds is 4. The molecule has 0 fully saturated rings. The Bertz CT molecular complexity index is 311. The smallest absolute Gasteiger partial charge is 0.319 e. The van der Waals surface area contributed by atoms with Crippen LogP contribution in [0.3, 0.4) is 0 Å². The molecule has 1 aromatic rings. The second-order valence-corrected chi connectivity index (χ2v) is 3.53. The van der Waals surface area contributed by atoms with Gasteiger partial charge >= 0.3 is 6.03 Å². The SMILES string of the molecule is [CH2]CCCNC(=O)Nc1ccc(Cl)cc1. The Labute approximate surface area is 94.8 Å². The van der Waals surface area contributed by atoms with E-state index in [2.05, 4.69) is 17.6 Å². The zero-order chi connectivity index (χ0) is 11.1. The lowest BCUT2D eigenvalue weighted by Gasteiger charge is -2.06. The summed E-state index contributed by atoms with van der Waals surface area (Å²) < 4.78 is 0. The molecule has 0 aliphatic heterocycles. The molecule has 0 spiro atoms. The van der Waals surface area contributed by atoms with Crippen LogP contribution >= 0.6 is 11.6 Å². The van der Waals surface area contributed by atoms with E-state index in [0.717, 1.165) is 18.5 Å². The molecule has 15 heavy (non-hydrogen) atoms. The molecule has 2 N–H and O–H groups in total. The number of amides is 2. The van der Waals surface area contributed by atoms with Crippen LogP contribution in [0.5, 0.6) is 0 Å².